The average molecular weight is 515 g/mol. The summed E-state index contributed by atoms with van der Waals surface area (Å²) in [4.78, 5) is 33.0. The second kappa shape index (κ2) is 8.92. The highest BCUT2D eigenvalue weighted by Crippen LogP contribution is 2.45. The van der Waals surface area contributed by atoms with Crippen molar-refractivity contribution >= 4 is 44.1 Å². The minimum atomic E-state index is -0.888. The van der Waals surface area contributed by atoms with Crippen LogP contribution in [-0.2, 0) is 15.0 Å². The summed E-state index contributed by atoms with van der Waals surface area (Å²) in [5, 5.41) is 11.6. The van der Waals surface area contributed by atoms with E-state index in [1.54, 1.807) is 0 Å². The lowest BCUT2D eigenvalue weighted by atomic mass is 9.85. The van der Waals surface area contributed by atoms with E-state index in [-0.39, 0.29) is 22.3 Å². The Morgan fingerprint density at radius 1 is 1.00 bits per heavy atom. The van der Waals surface area contributed by atoms with Crippen LogP contribution >= 0.6 is 11.3 Å². The summed E-state index contributed by atoms with van der Waals surface area (Å²) < 4.78 is 14.5. The number of carbonyl (C=O) groups excluding carboxylic acids is 2. The van der Waals surface area contributed by atoms with Crippen LogP contribution < -0.4 is 4.90 Å². The van der Waals surface area contributed by atoms with Crippen LogP contribution in [0, 0.1) is 19.7 Å². The van der Waals surface area contributed by atoms with E-state index < -0.39 is 23.5 Å². The molecule has 4 aromatic rings. The number of anilines is 1. The molecule has 1 aromatic heterocycles. The molecule has 1 amide bonds. The Balaban J connectivity index is 1.73. The first-order valence-corrected chi connectivity index (χ1v) is 12.8. The maximum atomic E-state index is 13.6. The maximum Gasteiger partial charge on any atom is 0.301 e. The molecule has 1 saturated heterocycles. The Bertz CT molecular complexity index is 1580. The number of hydrogen-bond donors (Lipinski definition) is 1. The van der Waals surface area contributed by atoms with E-state index in [1.807, 2.05) is 50.2 Å². The second-order valence-corrected chi connectivity index (χ2v) is 11.5. The Labute approximate surface area is 218 Å². The summed E-state index contributed by atoms with van der Waals surface area (Å²) in [6.07, 6.45) is 0. The van der Waals surface area contributed by atoms with Gasteiger partial charge in [-0.2, -0.15) is 0 Å². The number of aliphatic hydroxyl groups is 1. The molecule has 7 heteroatoms. The normalized spacial score (nSPS) is 17.7. The molecule has 0 saturated carbocycles. The number of aromatic nitrogens is 1. The van der Waals surface area contributed by atoms with Crippen molar-refractivity contribution in [3.8, 4) is 0 Å². The maximum absolute atomic E-state index is 13.6. The zero-order valence-corrected chi connectivity index (χ0v) is 22.1. The number of benzene rings is 3. The van der Waals surface area contributed by atoms with E-state index >= 15 is 0 Å². The van der Waals surface area contributed by atoms with Crippen LogP contribution in [0.25, 0.3) is 16.0 Å². The number of thiazole rings is 1. The van der Waals surface area contributed by atoms with Gasteiger partial charge in [0.2, 0.25) is 0 Å². The van der Waals surface area contributed by atoms with Gasteiger partial charge in [-0.15, -0.1) is 0 Å². The summed E-state index contributed by atoms with van der Waals surface area (Å²) in [6.45, 7) is 10.3. The van der Waals surface area contributed by atoms with Crippen LogP contribution in [0.1, 0.15) is 54.6 Å². The molecule has 2 heterocycles. The van der Waals surface area contributed by atoms with Gasteiger partial charge in [-0.3, -0.25) is 14.5 Å². The van der Waals surface area contributed by atoms with Crippen LogP contribution in [0.2, 0.25) is 0 Å². The number of aliphatic hydroxyl groups excluding tert-OH is 1. The fourth-order valence-corrected chi connectivity index (χ4v) is 5.90. The topological polar surface area (TPSA) is 70.5 Å². The number of Topliss-reactive ketones (excluding diaryl/α,β-unsaturated/α-hetero) is 1. The zero-order chi connectivity index (χ0) is 26.6. The molecule has 1 atom stereocenters. The van der Waals surface area contributed by atoms with Gasteiger partial charge >= 0.3 is 5.91 Å². The van der Waals surface area contributed by atoms with Crippen molar-refractivity contribution in [1.29, 1.82) is 0 Å². The van der Waals surface area contributed by atoms with Gasteiger partial charge in [-0.1, -0.05) is 62.4 Å². The van der Waals surface area contributed by atoms with Crippen molar-refractivity contribution in [2.45, 2.75) is 46.1 Å². The molecule has 5 nitrogen and oxygen atoms in total. The highest BCUT2D eigenvalue weighted by Gasteiger charge is 2.48. The number of nitrogens with zero attached hydrogens (tertiary/aromatic N) is 2. The molecule has 0 spiro atoms. The number of ketones is 1. The van der Waals surface area contributed by atoms with Gasteiger partial charge in [0.15, 0.2) is 5.13 Å². The molecule has 0 aliphatic carbocycles. The molecule has 1 aliphatic rings. The van der Waals surface area contributed by atoms with E-state index in [0.29, 0.717) is 10.7 Å². The van der Waals surface area contributed by atoms with Gasteiger partial charge in [0.1, 0.15) is 11.6 Å². The first-order chi connectivity index (χ1) is 17.5. The fourth-order valence-electron chi connectivity index (χ4n) is 4.74. The zero-order valence-electron chi connectivity index (χ0n) is 21.3. The van der Waals surface area contributed by atoms with E-state index in [9.17, 15) is 19.1 Å². The largest absolute Gasteiger partial charge is 0.507 e. The molecule has 1 fully saturated rings. The van der Waals surface area contributed by atoms with Crippen molar-refractivity contribution in [2.75, 3.05) is 4.90 Å². The number of aryl methyl sites for hydroxylation is 2. The molecular formula is C30H27FN2O3S. The molecule has 0 bridgehead atoms. The van der Waals surface area contributed by atoms with Gasteiger partial charge in [0, 0.05) is 5.56 Å². The van der Waals surface area contributed by atoms with Crippen molar-refractivity contribution in [1.82, 2.24) is 4.98 Å². The lowest BCUT2D eigenvalue weighted by Crippen LogP contribution is -2.29. The first-order valence-electron chi connectivity index (χ1n) is 12.0. The number of halogens is 1. The number of fused-ring (bicyclic) bond motifs is 1. The molecule has 188 valence electrons. The molecule has 1 N–H and O–H groups in total. The van der Waals surface area contributed by atoms with E-state index in [0.717, 1.165) is 26.9 Å². The third kappa shape index (κ3) is 4.33. The van der Waals surface area contributed by atoms with Gasteiger partial charge in [0.05, 0.1) is 21.8 Å². The molecule has 3 aromatic carbocycles. The monoisotopic (exact) mass is 514 g/mol. The lowest BCUT2D eigenvalue weighted by molar-refractivity contribution is -0.132. The number of amides is 1. The quantitative estimate of drug-likeness (QED) is 0.182. The highest BCUT2D eigenvalue weighted by atomic mass is 32.1. The van der Waals surface area contributed by atoms with Crippen molar-refractivity contribution in [2.24, 2.45) is 0 Å². The SMILES string of the molecule is Cc1cc(C)c2nc(N3C(=O)C(=O)C(=C(O)c4ccc(F)cc4)[C@H]3c3ccc(C(C)(C)C)cc3)sc2c1. The summed E-state index contributed by atoms with van der Waals surface area (Å²) in [6, 6.07) is 16.0. The Morgan fingerprint density at radius 2 is 1.65 bits per heavy atom. The standard InChI is InChI=1S/C30H27FN2O3S/c1-16-14-17(2)24-22(15-16)37-29(32-24)33-25(18-6-10-20(11-7-18)30(3,4)5)23(27(35)28(33)36)26(34)19-8-12-21(31)13-9-19/h6-15,25,34H,1-5H3/t25-/m1/s1. The van der Waals surface area contributed by atoms with Crippen molar-refractivity contribution in [3.05, 3.63) is 99.9 Å². The minimum Gasteiger partial charge on any atom is -0.507 e. The van der Waals surface area contributed by atoms with Crippen LogP contribution in [0.3, 0.4) is 0 Å². The van der Waals surface area contributed by atoms with E-state index in [4.69, 9.17) is 4.98 Å². The predicted octanol–water partition coefficient (Wildman–Crippen LogP) is 6.98. The highest BCUT2D eigenvalue weighted by molar-refractivity contribution is 7.22. The van der Waals surface area contributed by atoms with Crippen molar-refractivity contribution < 1.29 is 19.1 Å². The van der Waals surface area contributed by atoms with E-state index in [1.165, 1.54) is 40.5 Å². The Hall–Kier alpha value is -3.84. The van der Waals surface area contributed by atoms with Crippen LogP contribution in [0.4, 0.5) is 9.52 Å². The summed E-state index contributed by atoms with van der Waals surface area (Å²) in [7, 11) is 0. The number of carbonyl (C=O) groups is 2. The van der Waals surface area contributed by atoms with Gasteiger partial charge in [-0.05, 0) is 71.8 Å². The summed E-state index contributed by atoms with van der Waals surface area (Å²) in [5.74, 6) is -2.38. The van der Waals surface area contributed by atoms with Crippen LogP contribution in [0.15, 0.2) is 66.2 Å². The molecule has 0 radical (unpaired) electrons. The molecule has 5 rings (SSSR count). The summed E-state index contributed by atoms with van der Waals surface area (Å²) >= 11 is 1.33. The molecular weight excluding hydrogens is 487 g/mol. The molecule has 0 unspecified atom stereocenters. The fraction of sp³-hybridized carbons (Fsp3) is 0.233. The van der Waals surface area contributed by atoms with Gasteiger partial charge in [0.25, 0.3) is 5.78 Å². The van der Waals surface area contributed by atoms with Crippen LogP contribution in [-0.4, -0.2) is 21.8 Å². The lowest BCUT2D eigenvalue weighted by Gasteiger charge is -2.24. The number of rotatable bonds is 3. The van der Waals surface area contributed by atoms with Crippen molar-refractivity contribution in [3.63, 3.8) is 0 Å². The smallest absolute Gasteiger partial charge is 0.301 e. The van der Waals surface area contributed by atoms with Gasteiger partial charge in [-0.25, -0.2) is 9.37 Å². The second-order valence-electron chi connectivity index (χ2n) is 10.5. The van der Waals surface area contributed by atoms with Gasteiger partial charge < -0.3 is 5.11 Å². The predicted molar refractivity (Wildman–Crippen MR) is 145 cm³/mol. The first kappa shape index (κ1) is 24.8. The molecule has 37 heavy (non-hydrogen) atoms. The minimum absolute atomic E-state index is 0.0488. The average Bonchev–Trinajstić information content (AvgIpc) is 3.37. The summed E-state index contributed by atoms with van der Waals surface area (Å²) in [5.41, 5.74) is 4.71. The third-order valence-electron chi connectivity index (χ3n) is 6.68. The Morgan fingerprint density at radius 3 is 2.27 bits per heavy atom. The van der Waals surface area contributed by atoms with E-state index in [2.05, 4.69) is 20.8 Å². The Kier molecular flexibility index (Phi) is 5.99. The molecule has 1 aliphatic heterocycles. The van der Waals surface area contributed by atoms with Crippen LogP contribution in [0.5, 0.6) is 0 Å². The number of hydrogen-bond acceptors (Lipinski definition) is 5. The third-order valence-corrected chi connectivity index (χ3v) is 7.68.